The van der Waals surface area contributed by atoms with Crippen molar-refractivity contribution < 1.29 is 14.3 Å². The van der Waals surface area contributed by atoms with E-state index in [1.807, 2.05) is 31.3 Å². The minimum absolute atomic E-state index is 0.103. The summed E-state index contributed by atoms with van der Waals surface area (Å²) in [7, 11) is 1.82. The monoisotopic (exact) mass is 479 g/mol. The number of nitrogens with zero attached hydrogens (tertiary/aromatic N) is 3. The van der Waals surface area contributed by atoms with Crippen molar-refractivity contribution in [3.05, 3.63) is 28.7 Å². The molecular weight excluding hydrogens is 446 g/mol. The van der Waals surface area contributed by atoms with Crippen molar-refractivity contribution in [2.75, 3.05) is 52.9 Å². The SMILES string of the molecule is CN(CCOc1ccc(Br)cc1)C(=O)CN1CCC(C(=O)N2CCCCCC2)CC1. The van der Waals surface area contributed by atoms with Gasteiger partial charge in [-0.2, -0.15) is 0 Å². The molecule has 6 nitrogen and oxygen atoms in total. The van der Waals surface area contributed by atoms with E-state index in [0.717, 1.165) is 62.1 Å². The lowest BCUT2D eigenvalue weighted by atomic mass is 9.95. The molecule has 0 saturated carbocycles. The summed E-state index contributed by atoms with van der Waals surface area (Å²) in [4.78, 5) is 31.4. The van der Waals surface area contributed by atoms with Crippen molar-refractivity contribution in [2.24, 2.45) is 5.92 Å². The molecular formula is C23H34BrN3O3. The van der Waals surface area contributed by atoms with Crippen LogP contribution in [0.3, 0.4) is 0 Å². The smallest absolute Gasteiger partial charge is 0.236 e. The van der Waals surface area contributed by atoms with Crippen LogP contribution in [0.25, 0.3) is 0 Å². The van der Waals surface area contributed by atoms with Crippen molar-refractivity contribution in [1.29, 1.82) is 0 Å². The molecule has 7 heteroatoms. The van der Waals surface area contributed by atoms with Gasteiger partial charge in [-0.25, -0.2) is 0 Å². The van der Waals surface area contributed by atoms with Gasteiger partial charge >= 0.3 is 0 Å². The molecule has 1 aromatic carbocycles. The van der Waals surface area contributed by atoms with E-state index in [1.54, 1.807) is 4.90 Å². The van der Waals surface area contributed by atoms with Crippen LogP contribution in [0.1, 0.15) is 38.5 Å². The van der Waals surface area contributed by atoms with Gasteiger partial charge in [-0.1, -0.05) is 28.8 Å². The third kappa shape index (κ3) is 6.98. The standard InChI is InChI=1S/C23H34BrN3O3/c1-25(16-17-30-21-8-6-20(24)7-9-21)22(28)18-26-14-10-19(11-15-26)23(29)27-12-4-2-3-5-13-27/h6-9,19H,2-5,10-18H2,1H3. The highest BCUT2D eigenvalue weighted by Gasteiger charge is 2.29. The van der Waals surface area contributed by atoms with Crippen LogP contribution < -0.4 is 4.74 Å². The van der Waals surface area contributed by atoms with E-state index in [9.17, 15) is 9.59 Å². The third-order valence-electron chi connectivity index (χ3n) is 6.15. The zero-order chi connectivity index (χ0) is 21.3. The molecule has 0 bridgehead atoms. The fourth-order valence-electron chi connectivity index (χ4n) is 4.16. The van der Waals surface area contributed by atoms with Crippen molar-refractivity contribution in [3.8, 4) is 5.75 Å². The zero-order valence-corrected chi connectivity index (χ0v) is 19.6. The van der Waals surface area contributed by atoms with Crippen LogP contribution in [0.4, 0.5) is 0 Å². The lowest BCUT2D eigenvalue weighted by Gasteiger charge is -2.34. The van der Waals surface area contributed by atoms with Gasteiger partial charge in [0.2, 0.25) is 11.8 Å². The average Bonchev–Trinajstić information content (AvgIpc) is 3.04. The Bertz CT molecular complexity index is 681. The molecule has 2 amide bonds. The minimum atomic E-state index is 0.103. The number of likely N-dealkylation sites (tertiary alicyclic amines) is 2. The number of halogens is 1. The second kappa shape index (κ2) is 11.7. The second-order valence-corrected chi connectivity index (χ2v) is 9.32. The number of rotatable bonds is 7. The van der Waals surface area contributed by atoms with Gasteiger partial charge in [0.05, 0.1) is 13.1 Å². The Morgan fingerprint density at radius 2 is 1.67 bits per heavy atom. The predicted molar refractivity (Wildman–Crippen MR) is 121 cm³/mol. The summed E-state index contributed by atoms with van der Waals surface area (Å²) in [5.41, 5.74) is 0. The highest BCUT2D eigenvalue weighted by molar-refractivity contribution is 9.10. The fraction of sp³-hybridized carbons (Fsp3) is 0.652. The van der Waals surface area contributed by atoms with Gasteiger partial charge in [0.1, 0.15) is 12.4 Å². The molecule has 2 saturated heterocycles. The number of ether oxygens (including phenoxy) is 1. The Morgan fingerprint density at radius 3 is 2.30 bits per heavy atom. The van der Waals surface area contributed by atoms with Crippen LogP contribution in [0.5, 0.6) is 5.75 Å². The van der Waals surface area contributed by atoms with Gasteiger partial charge in [-0.15, -0.1) is 0 Å². The van der Waals surface area contributed by atoms with Gasteiger partial charge in [0.15, 0.2) is 0 Å². The van der Waals surface area contributed by atoms with E-state index in [1.165, 1.54) is 12.8 Å². The molecule has 166 valence electrons. The Hall–Kier alpha value is -1.60. The molecule has 3 rings (SSSR count). The Balaban J connectivity index is 1.34. The van der Waals surface area contributed by atoms with E-state index in [-0.39, 0.29) is 11.8 Å². The normalized spacial score (nSPS) is 18.7. The summed E-state index contributed by atoms with van der Waals surface area (Å²) in [5.74, 6) is 1.37. The zero-order valence-electron chi connectivity index (χ0n) is 18.0. The Morgan fingerprint density at radius 1 is 1.03 bits per heavy atom. The molecule has 2 fully saturated rings. The summed E-state index contributed by atoms with van der Waals surface area (Å²) < 4.78 is 6.72. The van der Waals surface area contributed by atoms with Gasteiger partial charge in [-0.05, 0) is 63.0 Å². The van der Waals surface area contributed by atoms with E-state index < -0.39 is 0 Å². The quantitative estimate of drug-likeness (QED) is 0.601. The number of hydrogen-bond donors (Lipinski definition) is 0. The fourth-order valence-corrected chi connectivity index (χ4v) is 4.42. The third-order valence-corrected chi connectivity index (χ3v) is 6.68. The van der Waals surface area contributed by atoms with Crippen molar-refractivity contribution in [3.63, 3.8) is 0 Å². The highest BCUT2D eigenvalue weighted by Crippen LogP contribution is 2.22. The lowest BCUT2D eigenvalue weighted by Crippen LogP contribution is -2.46. The molecule has 2 aliphatic rings. The van der Waals surface area contributed by atoms with Crippen LogP contribution in [-0.2, 0) is 9.59 Å². The van der Waals surface area contributed by atoms with Crippen LogP contribution >= 0.6 is 15.9 Å². The topological polar surface area (TPSA) is 53.1 Å². The van der Waals surface area contributed by atoms with Crippen LogP contribution in [0.2, 0.25) is 0 Å². The highest BCUT2D eigenvalue weighted by atomic mass is 79.9. The molecule has 0 aromatic heterocycles. The van der Waals surface area contributed by atoms with E-state index >= 15 is 0 Å². The first-order valence-electron chi connectivity index (χ1n) is 11.2. The molecule has 2 heterocycles. The van der Waals surface area contributed by atoms with Gasteiger partial charge in [-0.3, -0.25) is 14.5 Å². The van der Waals surface area contributed by atoms with Crippen LogP contribution in [0, 0.1) is 5.92 Å². The average molecular weight is 480 g/mol. The maximum atomic E-state index is 12.8. The van der Waals surface area contributed by atoms with Crippen molar-refractivity contribution in [1.82, 2.24) is 14.7 Å². The first-order valence-corrected chi connectivity index (χ1v) is 12.0. The number of piperidine rings is 1. The Kier molecular flexibility index (Phi) is 9.00. The summed E-state index contributed by atoms with van der Waals surface area (Å²) in [6.07, 6.45) is 6.48. The van der Waals surface area contributed by atoms with E-state index in [4.69, 9.17) is 4.74 Å². The molecule has 0 unspecified atom stereocenters. The lowest BCUT2D eigenvalue weighted by molar-refractivity contribution is -0.137. The van der Waals surface area contributed by atoms with Gasteiger partial charge in [0, 0.05) is 30.5 Å². The number of amides is 2. The van der Waals surface area contributed by atoms with Crippen molar-refractivity contribution >= 4 is 27.7 Å². The second-order valence-electron chi connectivity index (χ2n) is 8.41. The molecule has 1 aromatic rings. The predicted octanol–water partition coefficient (Wildman–Crippen LogP) is 3.40. The number of likely N-dealkylation sites (N-methyl/N-ethyl adjacent to an activating group) is 1. The summed E-state index contributed by atoms with van der Waals surface area (Å²) in [6.45, 7) is 4.92. The molecule has 30 heavy (non-hydrogen) atoms. The maximum absolute atomic E-state index is 12.8. The summed E-state index contributed by atoms with van der Waals surface area (Å²) in [6, 6.07) is 7.68. The molecule has 0 radical (unpaired) electrons. The largest absolute Gasteiger partial charge is 0.492 e. The van der Waals surface area contributed by atoms with Crippen molar-refractivity contribution in [2.45, 2.75) is 38.5 Å². The number of carbonyl (C=O) groups is 2. The van der Waals surface area contributed by atoms with Gasteiger partial charge in [0.25, 0.3) is 0 Å². The van der Waals surface area contributed by atoms with Crippen LogP contribution in [-0.4, -0.2) is 79.4 Å². The number of benzene rings is 1. The number of carbonyl (C=O) groups excluding carboxylic acids is 2. The van der Waals surface area contributed by atoms with E-state index in [2.05, 4.69) is 25.7 Å². The molecule has 0 spiro atoms. The maximum Gasteiger partial charge on any atom is 0.236 e. The number of hydrogen-bond acceptors (Lipinski definition) is 4. The first kappa shape index (κ1) is 23.1. The molecule has 0 aliphatic carbocycles. The molecule has 2 aliphatic heterocycles. The summed E-state index contributed by atoms with van der Waals surface area (Å²) >= 11 is 3.40. The summed E-state index contributed by atoms with van der Waals surface area (Å²) in [5, 5.41) is 0. The van der Waals surface area contributed by atoms with E-state index in [0.29, 0.717) is 25.6 Å². The minimum Gasteiger partial charge on any atom is -0.492 e. The molecule has 0 N–H and O–H groups in total. The van der Waals surface area contributed by atoms with Gasteiger partial charge < -0.3 is 14.5 Å². The molecule has 0 atom stereocenters. The first-order chi connectivity index (χ1) is 14.5. The van der Waals surface area contributed by atoms with Crippen LogP contribution in [0.15, 0.2) is 28.7 Å². The Labute approximate surface area is 188 Å².